The van der Waals surface area contributed by atoms with Crippen LogP contribution in [0.15, 0.2) is 66.7 Å². The van der Waals surface area contributed by atoms with Crippen molar-refractivity contribution in [3.63, 3.8) is 0 Å². The number of benzene rings is 4. The molecule has 132 valence electrons. The maximum absolute atomic E-state index is 11.7. The van der Waals surface area contributed by atoms with Gasteiger partial charge in [-0.15, -0.1) is 0 Å². The lowest BCUT2D eigenvalue weighted by Gasteiger charge is -2.14. The Bertz CT molecular complexity index is 1210. The first-order valence-corrected chi connectivity index (χ1v) is 8.22. The Morgan fingerprint density at radius 2 is 1.56 bits per heavy atom. The fraction of sp³-hybridized carbons (Fsp3) is 0. The number of aromatic hydroxyl groups is 1. The van der Waals surface area contributed by atoms with E-state index in [2.05, 4.69) is 0 Å². The van der Waals surface area contributed by atoms with Crippen LogP contribution < -0.4 is 4.74 Å². The predicted octanol–water partition coefficient (Wildman–Crippen LogP) is 5.00. The van der Waals surface area contributed by atoms with Gasteiger partial charge in [0, 0.05) is 10.8 Å². The summed E-state index contributed by atoms with van der Waals surface area (Å²) < 4.78 is 5.96. The summed E-state index contributed by atoms with van der Waals surface area (Å²) in [5.41, 5.74) is 0.287. The largest absolute Gasteiger partial charge is 0.507 e. The second-order valence-electron chi connectivity index (χ2n) is 6.08. The number of carbonyl (C=O) groups is 2. The van der Waals surface area contributed by atoms with Crippen LogP contribution in [-0.4, -0.2) is 22.5 Å². The monoisotopic (exact) mass is 358 g/mol. The average molecular weight is 358 g/mol. The molecule has 0 atom stereocenters. The number of rotatable bonds is 4. The summed E-state index contributed by atoms with van der Waals surface area (Å²) in [6, 6.07) is 18.6. The molecule has 4 aromatic rings. The van der Waals surface area contributed by atoms with Crippen molar-refractivity contribution in [2.24, 2.45) is 0 Å². The Morgan fingerprint density at radius 3 is 2.26 bits per heavy atom. The average Bonchev–Trinajstić information content (AvgIpc) is 2.69. The molecule has 0 saturated carbocycles. The van der Waals surface area contributed by atoms with Crippen molar-refractivity contribution >= 4 is 33.8 Å². The van der Waals surface area contributed by atoms with Crippen LogP contribution in [0, 0.1) is 0 Å². The number of fused-ring (bicyclic) bond motifs is 2. The van der Waals surface area contributed by atoms with Crippen molar-refractivity contribution in [1.29, 1.82) is 0 Å². The number of carboxylic acids is 1. The van der Waals surface area contributed by atoms with Gasteiger partial charge in [0.25, 0.3) is 0 Å². The normalized spacial score (nSPS) is 10.8. The van der Waals surface area contributed by atoms with E-state index >= 15 is 0 Å². The smallest absolute Gasteiger partial charge is 0.336 e. The lowest BCUT2D eigenvalue weighted by molar-refractivity contribution is 0.0698. The number of aromatic carboxylic acids is 1. The van der Waals surface area contributed by atoms with Gasteiger partial charge in [-0.25, -0.2) is 4.79 Å². The number of carbonyl (C=O) groups excluding carboxylic acids is 1. The Hall–Kier alpha value is -3.86. The molecule has 0 radical (unpaired) electrons. The van der Waals surface area contributed by atoms with Crippen LogP contribution in [0.1, 0.15) is 20.7 Å². The molecular weight excluding hydrogens is 344 g/mol. The fourth-order valence-corrected chi connectivity index (χ4v) is 3.19. The second kappa shape index (κ2) is 6.46. The van der Waals surface area contributed by atoms with Gasteiger partial charge >= 0.3 is 5.97 Å². The summed E-state index contributed by atoms with van der Waals surface area (Å²) in [4.78, 5) is 23.2. The highest BCUT2D eigenvalue weighted by atomic mass is 16.5. The van der Waals surface area contributed by atoms with E-state index in [1.54, 1.807) is 48.5 Å². The third-order valence-electron chi connectivity index (χ3n) is 4.41. The van der Waals surface area contributed by atoms with Gasteiger partial charge in [-0.05, 0) is 29.0 Å². The quantitative estimate of drug-likeness (QED) is 0.502. The molecule has 0 aliphatic heterocycles. The van der Waals surface area contributed by atoms with Crippen LogP contribution in [0.25, 0.3) is 21.5 Å². The van der Waals surface area contributed by atoms with E-state index in [9.17, 15) is 19.8 Å². The van der Waals surface area contributed by atoms with Crippen LogP contribution in [0.5, 0.6) is 17.2 Å². The van der Waals surface area contributed by atoms with Gasteiger partial charge in [-0.2, -0.15) is 0 Å². The molecule has 0 bridgehead atoms. The standard InChI is InChI=1S/C22H14O5/c23-12-14-10-20(24)17-7-3-4-8-18(17)21(14)27-15-9-13-5-1-2-6-16(13)19(11-15)22(25)26/h1-12,24H,(H,25,26). The molecule has 0 aliphatic carbocycles. The zero-order valence-electron chi connectivity index (χ0n) is 14.0. The molecule has 0 aliphatic rings. The predicted molar refractivity (Wildman–Crippen MR) is 102 cm³/mol. The molecule has 0 amide bonds. The molecule has 2 N–H and O–H groups in total. The zero-order valence-corrected chi connectivity index (χ0v) is 14.0. The topological polar surface area (TPSA) is 83.8 Å². The highest BCUT2D eigenvalue weighted by Crippen LogP contribution is 2.39. The number of phenolic OH excluding ortho intramolecular Hbond substituents is 1. The SMILES string of the molecule is O=Cc1cc(O)c2ccccc2c1Oc1cc(C(=O)O)c2ccccc2c1. The lowest BCUT2D eigenvalue weighted by Crippen LogP contribution is -1.99. The number of hydrogen-bond acceptors (Lipinski definition) is 4. The molecule has 0 saturated heterocycles. The van der Waals surface area contributed by atoms with Gasteiger partial charge in [0.15, 0.2) is 6.29 Å². The van der Waals surface area contributed by atoms with Crippen molar-refractivity contribution in [3.05, 3.63) is 77.9 Å². The maximum atomic E-state index is 11.7. The number of carboxylic acid groups (broad SMARTS) is 1. The summed E-state index contributed by atoms with van der Waals surface area (Å²) in [5.74, 6) is -0.525. The number of hydrogen-bond donors (Lipinski definition) is 2. The lowest BCUT2D eigenvalue weighted by atomic mass is 10.0. The van der Waals surface area contributed by atoms with Gasteiger partial charge < -0.3 is 14.9 Å². The molecule has 0 aromatic heterocycles. The fourth-order valence-electron chi connectivity index (χ4n) is 3.19. The minimum Gasteiger partial charge on any atom is -0.507 e. The third-order valence-corrected chi connectivity index (χ3v) is 4.41. The van der Waals surface area contributed by atoms with Gasteiger partial charge in [-0.3, -0.25) is 4.79 Å². The highest BCUT2D eigenvalue weighted by molar-refractivity contribution is 6.05. The van der Waals surface area contributed by atoms with E-state index < -0.39 is 5.97 Å². The van der Waals surface area contributed by atoms with E-state index in [-0.39, 0.29) is 22.6 Å². The minimum absolute atomic E-state index is 0.0233. The van der Waals surface area contributed by atoms with Gasteiger partial charge in [0.05, 0.1) is 11.1 Å². The Kier molecular flexibility index (Phi) is 3.97. The molecular formula is C22H14O5. The molecule has 5 nitrogen and oxygen atoms in total. The number of ether oxygens (including phenoxy) is 1. The minimum atomic E-state index is -1.07. The van der Waals surface area contributed by atoms with Crippen molar-refractivity contribution in [2.75, 3.05) is 0 Å². The Balaban J connectivity index is 1.94. The van der Waals surface area contributed by atoms with E-state index in [1.165, 1.54) is 12.1 Å². The first kappa shape index (κ1) is 16.6. The zero-order chi connectivity index (χ0) is 19.0. The molecule has 0 heterocycles. The Labute approximate surface area is 154 Å². The van der Waals surface area contributed by atoms with Gasteiger partial charge in [0.1, 0.15) is 17.2 Å². The summed E-state index contributed by atoms with van der Waals surface area (Å²) in [6.45, 7) is 0. The molecule has 5 heteroatoms. The third kappa shape index (κ3) is 2.85. The Morgan fingerprint density at radius 1 is 0.889 bits per heavy atom. The summed E-state index contributed by atoms with van der Waals surface area (Å²) in [7, 11) is 0. The van der Waals surface area contributed by atoms with E-state index in [4.69, 9.17) is 4.74 Å². The molecule has 0 fully saturated rings. The first-order valence-electron chi connectivity index (χ1n) is 8.22. The van der Waals surface area contributed by atoms with Crippen LogP contribution in [0.4, 0.5) is 0 Å². The maximum Gasteiger partial charge on any atom is 0.336 e. The molecule has 0 unspecified atom stereocenters. The van der Waals surface area contributed by atoms with E-state index in [0.717, 1.165) is 0 Å². The van der Waals surface area contributed by atoms with Crippen LogP contribution in [-0.2, 0) is 0 Å². The van der Waals surface area contributed by atoms with Gasteiger partial charge in [-0.1, -0.05) is 48.5 Å². The summed E-state index contributed by atoms with van der Waals surface area (Å²) in [6.07, 6.45) is 0.598. The van der Waals surface area contributed by atoms with Crippen molar-refractivity contribution in [3.8, 4) is 17.2 Å². The van der Waals surface area contributed by atoms with Crippen molar-refractivity contribution in [2.45, 2.75) is 0 Å². The van der Waals surface area contributed by atoms with Crippen LogP contribution in [0.3, 0.4) is 0 Å². The van der Waals surface area contributed by atoms with Crippen LogP contribution >= 0.6 is 0 Å². The van der Waals surface area contributed by atoms with E-state index in [0.29, 0.717) is 33.6 Å². The molecule has 0 spiro atoms. The summed E-state index contributed by atoms with van der Waals surface area (Å²) in [5, 5.41) is 22.1. The highest BCUT2D eigenvalue weighted by Gasteiger charge is 2.16. The molecule has 27 heavy (non-hydrogen) atoms. The van der Waals surface area contributed by atoms with Gasteiger partial charge in [0.2, 0.25) is 0 Å². The van der Waals surface area contributed by atoms with Crippen LogP contribution in [0.2, 0.25) is 0 Å². The summed E-state index contributed by atoms with van der Waals surface area (Å²) >= 11 is 0. The van der Waals surface area contributed by atoms with Crippen molar-refractivity contribution < 1.29 is 24.5 Å². The molecule has 4 aromatic carbocycles. The number of aldehydes is 1. The second-order valence-corrected chi connectivity index (χ2v) is 6.08. The molecule has 4 rings (SSSR count). The first-order chi connectivity index (χ1) is 13.1. The van der Waals surface area contributed by atoms with E-state index in [1.807, 2.05) is 6.07 Å². The van der Waals surface area contributed by atoms with Crippen molar-refractivity contribution in [1.82, 2.24) is 0 Å². The number of phenols is 1.